The molecule has 5 rings (SSSR count). The van der Waals surface area contributed by atoms with Crippen LogP contribution in [0.4, 0.5) is 0 Å². The first-order chi connectivity index (χ1) is 16.7. The van der Waals surface area contributed by atoms with E-state index in [1.807, 2.05) is 55.5 Å². The van der Waals surface area contributed by atoms with Gasteiger partial charge in [0, 0.05) is 23.0 Å². The van der Waals surface area contributed by atoms with Gasteiger partial charge in [0.25, 0.3) is 0 Å². The maximum atomic E-state index is 13.3. The first-order valence-corrected chi connectivity index (χ1v) is 11.8. The molecule has 0 atom stereocenters. The minimum Gasteiger partial charge on any atom is -0.497 e. The van der Waals surface area contributed by atoms with Gasteiger partial charge in [-0.1, -0.05) is 42.5 Å². The van der Waals surface area contributed by atoms with Crippen molar-refractivity contribution in [3.05, 3.63) is 84.1 Å². The summed E-state index contributed by atoms with van der Waals surface area (Å²) < 4.78 is 18.9. The Morgan fingerprint density at radius 3 is 2.50 bits per heavy atom. The Bertz CT molecular complexity index is 1300. The van der Waals surface area contributed by atoms with Gasteiger partial charge in [0.2, 0.25) is 0 Å². The fourth-order valence-corrected chi connectivity index (χ4v) is 4.34. The van der Waals surface area contributed by atoms with E-state index >= 15 is 0 Å². The van der Waals surface area contributed by atoms with Gasteiger partial charge in [0.1, 0.15) is 17.2 Å². The molecule has 0 spiro atoms. The Morgan fingerprint density at radius 2 is 1.76 bits per heavy atom. The van der Waals surface area contributed by atoms with Gasteiger partial charge in [0.05, 0.1) is 20.3 Å². The van der Waals surface area contributed by atoms with Gasteiger partial charge >= 0.3 is 5.97 Å². The lowest BCUT2D eigenvalue weighted by atomic mass is 10.0. The van der Waals surface area contributed by atoms with E-state index in [4.69, 9.17) is 14.2 Å². The number of carbonyl (C=O) groups is 1. The summed E-state index contributed by atoms with van der Waals surface area (Å²) >= 11 is 0. The highest BCUT2D eigenvalue weighted by Crippen LogP contribution is 2.37. The summed E-state index contributed by atoms with van der Waals surface area (Å²) in [5.74, 6) is 2.01. The smallest absolute Gasteiger partial charge is 0.355 e. The second-order valence-corrected chi connectivity index (χ2v) is 8.68. The van der Waals surface area contributed by atoms with Crippen LogP contribution in [0.15, 0.2) is 72.8 Å². The first kappa shape index (κ1) is 22.1. The van der Waals surface area contributed by atoms with E-state index in [-0.39, 0.29) is 5.97 Å². The van der Waals surface area contributed by atoms with E-state index in [9.17, 15) is 4.79 Å². The van der Waals surface area contributed by atoms with Crippen LogP contribution in [0.3, 0.4) is 0 Å². The average Bonchev–Trinajstić information content (AvgIpc) is 3.65. The molecule has 0 aliphatic heterocycles. The predicted molar refractivity (Wildman–Crippen MR) is 134 cm³/mol. The minimum absolute atomic E-state index is 0.312. The van der Waals surface area contributed by atoms with E-state index < -0.39 is 0 Å². The van der Waals surface area contributed by atoms with Crippen LogP contribution in [0.5, 0.6) is 11.5 Å². The SMILES string of the molecule is CCOC(=O)c1c(-c2ccc(OC)cc2)c2ccccc2n1Cc1cccc(OCC2CC2)c1. The molecule has 4 aromatic rings. The summed E-state index contributed by atoms with van der Waals surface area (Å²) in [6.45, 7) is 3.45. The molecule has 0 radical (unpaired) electrons. The third kappa shape index (κ3) is 4.51. The number of ether oxygens (including phenoxy) is 3. The Morgan fingerprint density at radius 1 is 0.971 bits per heavy atom. The monoisotopic (exact) mass is 455 g/mol. The number of para-hydroxylation sites is 1. The quantitative estimate of drug-likeness (QED) is 0.277. The second kappa shape index (κ2) is 9.64. The number of benzene rings is 3. The number of rotatable bonds is 9. The summed E-state index contributed by atoms with van der Waals surface area (Å²) in [6, 6.07) is 24.1. The van der Waals surface area contributed by atoms with Crippen molar-refractivity contribution >= 4 is 16.9 Å². The zero-order valence-electron chi connectivity index (χ0n) is 19.6. The molecule has 5 nitrogen and oxygen atoms in total. The third-order valence-corrected chi connectivity index (χ3v) is 6.24. The molecule has 5 heteroatoms. The van der Waals surface area contributed by atoms with Gasteiger partial charge in [-0.3, -0.25) is 0 Å². The maximum absolute atomic E-state index is 13.3. The fraction of sp³-hybridized carbons (Fsp3) is 0.276. The molecule has 1 aliphatic carbocycles. The number of methoxy groups -OCH3 is 1. The van der Waals surface area contributed by atoms with Crippen LogP contribution in [-0.2, 0) is 11.3 Å². The van der Waals surface area contributed by atoms with Crippen LogP contribution < -0.4 is 9.47 Å². The van der Waals surface area contributed by atoms with Crippen molar-refractivity contribution in [3.63, 3.8) is 0 Å². The molecule has 0 amide bonds. The predicted octanol–water partition coefficient (Wildman–Crippen LogP) is 6.33. The molecular formula is C29H29NO4. The highest BCUT2D eigenvalue weighted by molar-refractivity contribution is 6.08. The Kier molecular flexibility index (Phi) is 6.26. The van der Waals surface area contributed by atoms with E-state index in [0.29, 0.717) is 24.8 Å². The highest BCUT2D eigenvalue weighted by Gasteiger charge is 2.25. The zero-order valence-corrected chi connectivity index (χ0v) is 19.6. The van der Waals surface area contributed by atoms with Crippen molar-refractivity contribution < 1.29 is 19.0 Å². The molecule has 1 heterocycles. The summed E-state index contributed by atoms with van der Waals surface area (Å²) in [5, 5.41) is 1.01. The van der Waals surface area contributed by atoms with Gasteiger partial charge in [0.15, 0.2) is 0 Å². The minimum atomic E-state index is -0.328. The van der Waals surface area contributed by atoms with Crippen LogP contribution >= 0.6 is 0 Å². The van der Waals surface area contributed by atoms with Crippen LogP contribution in [-0.4, -0.2) is 30.9 Å². The largest absolute Gasteiger partial charge is 0.497 e. The molecule has 174 valence electrons. The number of hydrogen-bond donors (Lipinski definition) is 0. The summed E-state index contributed by atoms with van der Waals surface area (Å²) in [5.41, 5.74) is 4.43. The molecule has 0 bridgehead atoms. The molecule has 0 saturated heterocycles. The normalized spacial score (nSPS) is 13.1. The zero-order chi connectivity index (χ0) is 23.5. The maximum Gasteiger partial charge on any atom is 0.355 e. The Labute approximate surface area is 199 Å². The van der Waals surface area contributed by atoms with Crippen molar-refractivity contribution in [1.82, 2.24) is 4.57 Å². The molecule has 1 saturated carbocycles. The lowest BCUT2D eigenvalue weighted by Crippen LogP contribution is -2.14. The summed E-state index contributed by atoms with van der Waals surface area (Å²) in [4.78, 5) is 13.3. The van der Waals surface area contributed by atoms with Gasteiger partial charge in [-0.25, -0.2) is 4.79 Å². The van der Waals surface area contributed by atoms with E-state index in [0.717, 1.165) is 45.7 Å². The average molecular weight is 456 g/mol. The topological polar surface area (TPSA) is 49.7 Å². The number of carbonyl (C=O) groups excluding carboxylic acids is 1. The van der Waals surface area contributed by atoms with Crippen molar-refractivity contribution in [1.29, 1.82) is 0 Å². The molecule has 0 N–H and O–H groups in total. The van der Waals surface area contributed by atoms with Crippen LogP contribution in [0.2, 0.25) is 0 Å². The molecule has 3 aromatic carbocycles. The molecular weight excluding hydrogens is 426 g/mol. The second-order valence-electron chi connectivity index (χ2n) is 8.68. The molecule has 34 heavy (non-hydrogen) atoms. The Hall–Kier alpha value is -3.73. The number of aromatic nitrogens is 1. The molecule has 1 aliphatic rings. The number of fused-ring (bicyclic) bond motifs is 1. The van der Waals surface area contributed by atoms with E-state index in [1.54, 1.807) is 7.11 Å². The molecule has 1 aromatic heterocycles. The fourth-order valence-electron chi connectivity index (χ4n) is 4.34. The van der Waals surface area contributed by atoms with Gasteiger partial charge < -0.3 is 18.8 Å². The van der Waals surface area contributed by atoms with Gasteiger partial charge in [-0.2, -0.15) is 0 Å². The standard InChI is InChI=1S/C29H29NO4/c1-3-33-29(31)28-27(22-13-15-23(32-2)16-14-22)25-9-4-5-10-26(25)30(28)18-21-7-6-8-24(17-21)34-19-20-11-12-20/h4-10,13-17,20H,3,11-12,18-19H2,1-2H3. The number of esters is 1. The van der Waals surface area contributed by atoms with Gasteiger partial charge in [-0.05, 0) is 67.1 Å². The van der Waals surface area contributed by atoms with Crippen molar-refractivity contribution in [2.45, 2.75) is 26.3 Å². The molecule has 1 fully saturated rings. The van der Waals surface area contributed by atoms with Crippen LogP contribution in [0.1, 0.15) is 35.8 Å². The van der Waals surface area contributed by atoms with Crippen LogP contribution in [0.25, 0.3) is 22.0 Å². The van der Waals surface area contributed by atoms with Gasteiger partial charge in [-0.15, -0.1) is 0 Å². The van der Waals surface area contributed by atoms with Crippen molar-refractivity contribution in [2.75, 3.05) is 20.3 Å². The highest BCUT2D eigenvalue weighted by atomic mass is 16.5. The van der Waals surface area contributed by atoms with E-state index in [1.165, 1.54) is 12.8 Å². The van der Waals surface area contributed by atoms with Crippen LogP contribution in [0, 0.1) is 5.92 Å². The first-order valence-electron chi connectivity index (χ1n) is 11.8. The third-order valence-electron chi connectivity index (χ3n) is 6.24. The number of nitrogens with zero attached hydrogens (tertiary/aromatic N) is 1. The van der Waals surface area contributed by atoms with Crippen molar-refractivity contribution in [3.8, 4) is 22.6 Å². The van der Waals surface area contributed by atoms with E-state index in [2.05, 4.69) is 28.8 Å². The molecule has 0 unspecified atom stereocenters. The lowest BCUT2D eigenvalue weighted by molar-refractivity contribution is 0.0516. The lowest BCUT2D eigenvalue weighted by Gasteiger charge is -2.13. The summed E-state index contributed by atoms with van der Waals surface area (Å²) in [6.07, 6.45) is 2.51. The number of hydrogen-bond acceptors (Lipinski definition) is 4. The summed E-state index contributed by atoms with van der Waals surface area (Å²) in [7, 11) is 1.65. The van der Waals surface area contributed by atoms with Crippen molar-refractivity contribution in [2.24, 2.45) is 5.92 Å². The Balaban J connectivity index is 1.61.